The maximum absolute atomic E-state index is 15.4. The highest BCUT2D eigenvalue weighted by atomic mass is 19.1. The van der Waals surface area contributed by atoms with E-state index in [1.165, 1.54) is 13.2 Å². The lowest BCUT2D eigenvalue weighted by atomic mass is 9.89. The zero-order valence-electron chi connectivity index (χ0n) is 24.1. The van der Waals surface area contributed by atoms with Gasteiger partial charge in [0.25, 0.3) is 0 Å². The van der Waals surface area contributed by atoms with Gasteiger partial charge < -0.3 is 14.2 Å². The third kappa shape index (κ3) is 6.12. The normalized spacial score (nSPS) is 21.2. The van der Waals surface area contributed by atoms with E-state index in [4.69, 9.17) is 14.2 Å². The number of carbonyl (C=O) groups excluding carboxylic acids is 1. The molecule has 0 fully saturated rings. The molecule has 41 heavy (non-hydrogen) atoms. The molecule has 1 aliphatic heterocycles. The number of aryl methyl sites for hydroxylation is 3. The van der Waals surface area contributed by atoms with Crippen LogP contribution in [0.2, 0.25) is 0 Å². The maximum atomic E-state index is 15.4. The Kier molecular flexibility index (Phi) is 8.39. The van der Waals surface area contributed by atoms with E-state index >= 15 is 4.39 Å². The first kappa shape index (κ1) is 28.3. The van der Waals surface area contributed by atoms with Gasteiger partial charge in [-0.3, -0.25) is 9.78 Å². The second-order valence-corrected chi connectivity index (χ2v) is 10.9. The van der Waals surface area contributed by atoms with Gasteiger partial charge in [-0.05, 0) is 98.2 Å². The Morgan fingerprint density at radius 2 is 1.88 bits per heavy atom. The van der Waals surface area contributed by atoms with Gasteiger partial charge >= 0.3 is 5.97 Å². The minimum atomic E-state index is -0.513. The topological polar surface area (TPSA) is 57.7 Å². The van der Waals surface area contributed by atoms with Gasteiger partial charge in [-0.25, -0.2) is 4.39 Å². The smallest absolute Gasteiger partial charge is 0.306 e. The van der Waals surface area contributed by atoms with E-state index in [2.05, 4.69) is 50.5 Å². The van der Waals surface area contributed by atoms with Gasteiger partial charge in [-0.2, -0.15) is 0 Å². The zero-order valence-corrected chi connectivity index (χ0v) is 24.1. The van der Waals surface area contributed by atoms with Crippen molar-refractivity contribution in [2.24, 2.45) is 0 Å². The average Bonchev–Trinajstić information content (AvgIpc) is 3.37. The molecule has 2 heterocycles. The fourth-order valence-electron chi connectivity index (χ4n) is 5.85. The van der Waals surface area contributed by atoms with Crippen LogP contribution in [0.15, 0.2) is 78.8 Å². The number of hydrogen-bond acceptors (Lipinski definition) is 5. The molecule has 6 heteroatoms. The van der Waals surface area contributed by atoms with Gasteiger partial charge in [0.15, 0.2) is 0 Å². The lowest BCUT2D eigenvalue weighted by molar-refractivity contribution is -0.141. The lowest BCUT2D eigenvalue weighted by Crippen LogP contribution is -2.19. The number of benzene rings is 2. The van der Waals surface area contributed by atoms with Crippen molar-refractivity contribution in [1.29, 1.82) is 0 Å². The molecule has 0 N–H and O–H groups in total. The number of nitrogens with zero attached hydrogens (tertiary/aromatic N) is 1. The van der Waals surface area contributed by atoms with E-state index in [-0.39, 0.29) is 24.1 Å². The van der Waals surface area contributed by atoms with Crippen molar-refractivity contribution >= 4 is 11.5 Å². The SMILES string of the molecule is C=C1/C(F)=C\C=C(\c2c(C)cc(-c3ncccc3C)cc2C)CCC[C@H]1Oc1ccc2c(c1)OC[C@H]2CC(=O)OC. The first-order chi connectivity index (χ1) is 19.7. The molecule has 2 aromatic carbocycles. The molecule has 5 nitrogen and oxygen atoms in total. The number of allylic oxidation sites excluding steroid dienone is 3. The third-order valence-electron chi connectivity index (χ3n) is 7.96. The molecule has 3 aromatic rings. The van der Waals surface area contributed by atoms with Crippen LogP contribution in [0.25, 0.3) is 16.8 Å². The summed E-state index contributed by atoms with van der Waals surface area (Å²) < 4.78 is 32.3. The Hall–Kier alpha value is -4.19. The van der Waals surface area contributed by atoms with E-state index in [1.807, 2.05) is 36.5 Å². The van der Waals surface area contributed by atoms with Crippen molar-refractivity contribution in [3.8, 4) is 22.8 Å². The van der Waals surface area contributed by atoms with Gasteiger partial charge in [0.2, 0.25) is 0 Å². The first-order valence-electron chi connectivity index (χ1n) is 14.0. The van der Waals surface area contributed by atoms with Crippen LogP contribution in [0.3, 0.4) is 0 Å². The lowest BCUT2D eigenvalue weighted by Gasteiger charge is -2.21. The highest BCUT2D eigenvalue weighted by Gasteiger charge is 2.28. The molecule has 0 saturated carbocycles. The second-order valence-electron chi connectivity index (χ2n) is 10.9. The number of hydrogen-bond donors (Lipinski definition) is 0. The van der Waals surface area contributed by atoms with Crippen molar-refractivity contribution in [1.82, 2.24) is 4.98 Å². The van der Waals surface area contributed by atoms with Gasteiger partial charge in [0.1, 0.15) is 23.4 Å². The number of ether oxygens (including phenoxy) is 3. The van der Waals surface area contributed by atoms with E-state index in [1.54, 1.807) is 0 Å². The molecule has 0 bridgehead atoms. The Balaban J connectivity index is 1.33. The number of halogens is 1. The molecule has 2 aliphatic rings. The van der Waals surface area contributed by atoms with Crippen LogP contribution in [-0.4, -0.2) is 30.8 Å². The van der Waals surface area contributed by atoms with Crippen molar-refractivity contribution in [3.63, 3.8) is 0 Å². The van der Waals surface area contributed by atoms with Crippen LogP contribution >= 0.6 is 0 Å². The minimum absolute atomic E-state index is 0.0507. The number of pyridine rings is 1. The number of esters is 1. The Morgan fingerprint density at radius 1 is 1.10 bits per heavy atom. The number of carbonyl (C=O) groups is 1. The summed E-state index contributed by atoms with van der Waals surface area (Å²) >= 11 is 0. The summed E-state index contributed by atoms with van der Waals surface area (Å²) in [5, 5.41) is 0. The van der Waals surface area contributed by atoms with Crippen molar-refractivity contribution in [3.05, 3.63) is 107 Å². The van der Waals surface area contributed by atoms with Gasteiger partial charge in [-0.1, -0.05) is 24.8 Å². The first-order valence-corrected chi connectivity index (χ1v) is 14.0. The second kappa shape index (κ2) is 12.1. The summed E-state index contributed by atoms with van der Waals surface area (Å²) in [6.45, 7) is 10.7. The van der Waals surface area contributed by atoms with E-state index in [0.29, 0.717) is 30.1 Å². The standard InChI is InChI=1S/C35H36FNO4/c1-21-8-7-15-37-35(21)26-16-22(2)34(23(3)17-26)25-9-6-10-31(24(4)30(36)14-11-25)41-28-12-13-29-27(18-33(38)39-5)20-40-32(29)19-28/h7-8,11-17,19,27,31H,4,6,9-10,18,20H2,1-3,5H3/b25-11+,30-14+/t27-,31-/m1/s1. The predicted octanol–water partition coefficient (Wildman–Crippen LogP) is 8.14. The van der Waals surface area contributed by atoms with Crippen LogP contribution in [-0.2, 0) is 9.53 Å². The van der Waals surface area contributed by atoms with E-state index in [0.717, 1.165) is 57.5 Å². The number of rotatable bonds is 6. The zero-order chi connectivity index (χ0) is 29.1. The van der Waals surface area contributed by atoms with Gasteiger partial charge in [0.05, 0.1) is 25.8 Å². The summed E-state index contributed by atoms with van der Waals surface area (Å²) in [5.74, 6) is 0.556. The van der Waals surface area contributed by atoms with Crippen LogP contribution in [0.5, 0.6) is 11.5 Å². The number of fused-ring (bicyclic) bond motifs is 1. The fourth-order valence-corrected chi connectivity index (χ4v) is 5.85. The van der Waals surface area contributed by atoms with Crippen molar-refractivity contribution in [2.45, 2.75) is 58.5 Å². The molecule has 0 radical (unpaired) electrons. The molecular formula is C35H36FNO4. The summed E-state index contributed by atoms with van der Waals surface area (Å²) in [5.41, 5.74) is 8.98. The van der Waals surface area contributed by atoms with E-state index in [9.17, 15) is 4.79 Å². The molecule has 5 rings (SSSR count). The molecule has 0 spiro atoms. The van der Waals surface area contributed by atoms with Crippen LogP contribution in [0.1, 0.15) is 59.4 Å². The number of aromatic nitrogens is 1. The Morgan fingerprint density at radius 3 is 2.61 bits per heavy atom. The quantitative estimate of drug-likeness (QED) is 0.289. The highest BCUT2D eigenvalue weighted by Crippen LogP contribution is 2.40. The van der Waals surface area contributed by atoms with Crippen LogP contribution in [0, 0.1) is 20.8 Å². The molecule has 1 aliphatic carbocycles. The van der Waals surface area contributed by atoms with Crippen molar-refractivity contribution in [2.75, 3.05) is 13.7 Å². The molecule has 0 saturated heterocycles. The van der Waals surface area contributed by atoms with Crippen LogP contribution in [0.4, 0.5) is 4.39 Å². The molecule has 2 atom stereocenters. The van der Waals surface area contributed by atoms with Gasteiger partial charge in [-0.15, -0.1) is 0 Å². The molecule has 1 aromatic heterocycles. The highest BCUT2D eigenvalue weighted by molar-refractivity contribution is 5.76. The fraction of sp³-hybridized carbons (Fsp3) is 0.314. The van der Waals surface area contributed by atoms with Crippen LogP contribution < -0.4 is 9.47 Å². The maximum Gasteiger partial charge on any atom is 0.306 e. The predicted molar refractivity (Wildman–Crippen MR) is 160 cm³/mol. The monoisotopic (exact) mass is 553 g/mol. The molecule has 0 unspecified atom stereocenters. The Labute approximate surface area is 241 Å². The number of methoxy groups -OCH3 is 1. The summed E-state index contributed by atoms with van der Waals surface area (Å²) in [6.07, 6.45) is 7.16. The van der Waals surface area contributed by atoms with Gasteiger partial charge in [0, 0.05) is 34.9 Å². The third-order valence-corrected chi connectivity index (χ3v) is 7.96. The largest absolute Gasteiger partial charge is 0.492 e. The van der Waals surface area contributed by atoms with Crippen molar-refractivity contribution < 1.29 is 23.4 Å². The average molecular weight is 554 g/mol. The minimum Gasteiger partial charge on any atom is -0.492 e. The summed E-state index contributed by atoms with van der Waals surface area (Å²) in [7, 11) is 1.38. The molecular weight excluding hydrogens is 517 g/mol. The molecule has 212 valence electrons. The summed E-state index contributed by atoms with van der Waals surface area (Å²) in [4.78, 5) is 16.3. The summed E-state index contributed by atoms with van der Waals surface area (Å²) in [6, 6.07) is 13.9. The molecule has 0 amide bonds. The Bertz CT molecular complexity index is 1530. The van der Waals surface area contributed by atoms with E-state index < -0.39 is 6.10 Å².